The molecule has 0 aliphatic carbocycles. The minimum Gasteiger partial charge on any atom is -0.399 e. The molecule has 4 nitrogen and oxygen atoms in total. The van der Waals surface area contributed by atoms with E-state index in [1.165, 1.54) is 19.3 Å². The molecule has 1 heterocycles. The van der Waals surface area contributed by atoms with Crippen molar-refractivity contribution in [3.8, 4) is 0 Å². The molecule has 0 aromatic heterocycles. The Bertz CT molecular complexity index is 419. The van der Waals surface area contributed by atoms with Crippen LogP contribution in [-0.2, 0) is 0 Å². The Morgan fingerprint density at radius 1 is 1.26 bits per heavy atom. The maximum absolute atomic E-state index is 12.0. The normalized spacial score (nSPS) is 16.3. The van der Waals surface area contributed by atoms with E-state index in [1.54, 1.807) is 6.07 Å². The van der Waals surface area contributed by atoms with Gasteiger partial charge < -0.3 is 16.0 Å². The highest BCUT2D eigenvalue weighted by Crippen LogP contribution is 2.11. The molecule has 104 valence electrons. The smallest absolute Gasteiger partial charge is 0.251 e. The summed E-state index contributed by atoms with van der Waals surface area (Å²) < 4.78 is 0. The lowest BCUT2D eigenvalue weighted by Crippen LogP contribution is -2.37. The third-order valence-corrected chi connectivity index (χ3v) is 3.52. The Labute approximate surface area is 115 Å². The number of anilines is 1. The lowest BCUT2D eigenvalue weighted by Gasteiger charge is -2.26. The largest absolute Gasteiger partial charge is 0.399 e. The lowest BCUT2D eigenvalue weighted by molar-refractivity contribution is 0.0946. The zero-order valence-electron chi connectivity index (χ0n) is 11.6. The Morgan fingerprint density at radius 3 is 2.68 bits per heavy atom. The monoisotopic (exact) mass is 261 g/mol. The number of carbonyl (C=O) groups is 1. The second-order valence-electron chi connectivity index (χ2n) is 5.29. The van der Waals surface area contributed by atoms with Crippen LogP contribution in [0, 0.1) is 6.92 Å². The Kier molecular flexibility index (Phi) is 4.80. The molecule has 3 N–H and O–H groups in total. The molecule has 4 heteroatoms. The van der Waals surface area contributed by atoms with Gasteiger partial charge in [-0.3, -0.25) is 4.79 Å². The summed E-state index contributed by atoms with van der Waals surface area (Å²) in [5.74, 6) is -0.0348. The number of nitrogens with one attached hydrogen (secondary N) is 1. The van der Waals surface area contributed by atoms with Gasteiger partial charge in [0, 0.05) is 24.3 Å². The predicted molar refractivity (Wildman–Crippen MR) is 78.2 cm³/mol. The van der Waals surface area contributed by atoms with E-state index in [9.17, 15) is 4.79 Å². The molecule has 19 heavy (non-hydrogen) atoms. The third kappa shape index (κ3) is 4.24. The first-order valence-electron chi connectivity index (χ1n) is 7.03. The number of benzene rings is 1. The zero-order chi connectivity index (χ0) is 13.7. The first-order chi connectivity index (χ1) is 9.15. The first kappa shape index (κ1) is 13.9. The van der Waals surface area contributed by atoms with Gasteiger partial charge in [-0.15, -0.1) is 0 Å². The Balaban J connectivity index is 1.80. The molecule has 1 amide bonds. The van der Waals surface area contributed by atoms with Gasteiger partial charge in [-0.05, 0) is 56.6 Å². The van der Waals surface area contributed by atoms with E-state index in [1.807, 2.05) is 19.1 Å². The van der Waals surface area contributed by atoms with Crippen LogP contribution in [-0.4, -0.2) is 37.0 Å². The van der Waals surface area contributed by atoms with Crippen LogP contribution < -0.4 is 11.1 Å². The number of nitrogens with two attached hydrogens (primary N) is 1. The number of amides is 1. The van der Waals surface area contributed by atoms with E-state index in [2.05, 4.69) is 10.2 Å². The summed E-state index contributed by atoms with van der Waals surface area (Å²) in [5.41, 5.74) is 8.06. The molecule has 0 atom stereocenters. The molecule has 1 fully saturated rings. The van der Waals surface area contributed by atoms with Crippen molar-refractivity contribution >= 4 is 11.6 Å². The molecule has 1 aromatic carbocycles. The van der Waals surface area contributed by atoms with Crippen LogP contribution in [0.5, 0.6) is 0 Å². The van der Waals surface area contributed by atoms with Crippen LogP contribution in [0.1, 0.15) is 35.2 Å². The number of aryl methyl sites for hydroxylation is 1. The minimum atomic E-state index is -0.0348. The Morgan fingerprint density at radius 2 is 2.00 bits per heavy atom. The van der Waals surface area contributed by atoms with Gasteiger partial charge in [-0.2, -0.15) is 0 Å². The average Bonchev–Trinajstić information content (AvgIpc) is 2.38. The van der Waals surface area contributed by atoms with Crippen molar-refractivity contribution in [2.45, 2.75) is 26.2 Å². The fraction of sp³-hybridized carbons (Fsp3) is 0.533. The number of likely N-dealkylation sites (tertiary alicyclic amines) is 1. The van der Waals surface area contributed by atoms with Crippen LogP contribution >= 0.6 is 0 Å². The maximum Gasteiger partial charge on any atom is 0.251 e. The van der Waals surface area contributed by atoms with Crippen molar-refractivity contribution < 1.29 is 4.79 Å². The molecule has 1 aliphatic heterocycles. The summed E-state index contributed by atoms with van der Waals surface area (Å²) in [6.45, 7) is 5.90. The second kappa shape index (κ2) is 6.57. The van der Waals surface area contributed by atoms with Crippen molar-refractivity contribution in [2.24, 2.45) is 0 Å². The van der Waals surface area contributed by atoms with E-state index >= 15 is 0 Å². The van der Waals surface area contributed by atoms with Crippen LogP contribution in [0.3, 0.4) is 0 Å². The summed E-state index contributed by atoms with van der Waals surface area (Å²) in [7, 11) is 0. The number of carbonyl (C=O) groups excluding carboxylic acids is 1. The molecule has 1 aliphatic rings. The molecule has 0 spiro atoms. The summed E-state index contributed by atoms with van der Waals surface area (Å²) in [5, 5.41) is 2.96. The first-order valence-corrected chi connectivity index (χ1v) is 7.03. The molecule has 0 unspecified atom stereocenters. The molecule has 0 bridgehead atoms. The predicted octanol–water partition coefficient (Wildman–Crippen LogP) is 1.79. The number of nitrogens with zero attached hydrogens (tertiary/aromatic N) is 1. The average molecular weight is 261 g/mol. The molecule has 1 saturated heterocycles. The van der Waals surface area contributed by atoms with Crippen LogP contribution in [0.15, 0.2) is 18.2 Å². The SMILES string of the molecule is Cc1cc(N)cc(C(=O)NCCN2CCCCC2)c1. The van der Waals surface area contributed by atoms with Crippen molar-refractivity contribution in [2.75, 3.05) is 31.9 Å². The lowest BCUT2D eigenvalue weighted by atomic mass is 10.1. The van der Waals surface area contributed by atoms with Gasteiger partial charge in [-0.25, -0.2) is 0 Å². The number of hydrogen-bond acceptors (Lipinski definition) is 3. The molecule has 0 radical (unpaired) electrons. The van der Waals surface area contributed by atoms with Gasteiger partial charge in [0.1, 0.15) is 0 Å². The van der Waals surface area contributed by atoms with E-state index in [0.29, 0.717) is 17.8 Å². The number of rotatable bonds is 4. The fourth-order valence-corrected chi connectivity index (χ4v) is 2.56. The zero-order valence-corrected chi connectivity index (χ0v) is 11.6. The summed E-state index contributed by atoms with van der Waals surface area (Å²) in [6.07, 6.45) is 3.90. The van der Waals surface area contributed by atoms with Gasteiger partial charge in [-0.1, -0.05) is 6.42 Å². The maximum atomic E-state index is 12.0. The van der Waals surface area contributed by atoms with Crippen molar-refractivity contribution in [3.05, 3.63) is 29.3 Å². The summed E-state index contributed by atoms with van der Waals surface area (Å²) in [4.78, 5) is 14.4. The fourth-order valence-electron chi connectivity index (χ4n) is 2.56. The van der Waals surface area contributed by atoms with Gasteiger partial charge in [0.25, 0.3) is 5.91 Å². The van der Waals surface area contributed by atoms with Crippen molar-refractivity contribution in [1.82, 2.24) is 10.2 Å². The van der Waals surface area contributed by atoms with E-state index in [-0.39, 0.29) is 5.91 Å². The topological polar surface area (TPSA) is 58.4 Å². The molecular weight excluding hydrogens is 238 g/mol. The summed E-state index contributed by atoms with van der Waals surface area (Å²) >= 11 is 0. The van der Waals surface area contributed by atoms with Crippen LogP contribution in [0.4, 0.5) is 5.69 Å². The van der Waals surface area contributed by atoms with Gasteiger partial charge >= 0.3 is 0 Å². The standard InChI is InChI=1S/C15H23N3O/c1-12-9-13(11-14(16)10-12)15(19)17-5-8-18-6-3-2-4-7-18/h9-11H,2-8,16H2,1H3,(H,17,19). The van der Waals surface area contributed by atoms with Crippen molar-refractivity contribution in [1.29, 1.82) is 0 Å². The number of nitrogen functional groups attached to an aromatic ring is 1. The summed E-state index contributed by atoms with van der Waals surface area (Å²) in [6, 6.07) is 5.46. The second-order valence-corrected chi connectivity index (χ2v) is 5.29. The van der Waals surface area contributed by atoms with Crippen LogP contribution in [0.25, 0.3) is 0 Å². The molecule has 2 rings (SSSR count). The van der Waals surface area contributed by atoms with E-state index < -0.39 is 0 Å². The van der Waals surface area contributed by atoms with Gasteiger partial charge in [0.15, 0.2) is 0 Å². The van der Waals surface area contributed by atoms with E-state index in [0.717, 1.165) is 25.2 Å². The highest BCUT2D eigenvalue weighted by Gasteiger charge is 2.11. The number of piperidine rings is 1. The van der Waals surface area contributed by atoms with Crippen LogP contribution in [0.2, 0.25) is 0 Å². The highest BCUT2D eigenvalue weighted by molar-refractivity contribution is 5.95. The minimum absolute atomic E-state index is 0.0348. The molecule has 1 aromatic rings. The van der Waals surface area contributed by atoms with Crippen molar-refractivity contribution in [3.63, 3.8) is 0 Å². The highest BCUT2D eigenvalue weighted by atomic mass is 16.1. The van der Waals surface area contributed by atoms with Gasteiger partial charge in [0.2, 0.25) is 0 Å². The quantitative estimate of drug-likeness (QED) is 0.812. The Hall–Kier alpha value is -1.55. The van der Waals surface area contributed by atoms with E-state index in [4.69, 9.17) is 5.73 Å². The third-order valence-electron chi connectivity index (χ3n) is 3.52. The van der Waals surface area contributed by atoms with Gasteiger partial charge in [0.05, 0.1) is 0 Å². The molecule has 0 saturated carbocycles. The number of hydrogen-bond donors (Lipinski definition) is 2. The molecular formula is C15H23N3O.